The molecule has 0 fully saturated rings. The van der Waals surface area contributed by atoms with Gasteiger partial charge >= 0.3 is 0 Å². The van der Waals surface area contributed by atoms with Crippen LogP contribution in [-0.2, 0) is 17.6 Å². The summed E-state index contributed by atoms with van der Waals surface area (Å²) in [5.74, 6) is 0.113. The summed E-state index contributed by atoms with van der Waals surface area (Å²) in [7, 11) is 0. The summed E-state index contributed by atoms with van der Waals surface area (Å²) in [6.45, 7) is 0. The Hall–Kier alpha value is -2.63. The van der Waals surface area contributed by atoms with Crippen molar-refractivity contribution in [2.75, 3.05) is 11.1 Å². The van der Waals surface area contributed by atoms with Crippen LogP contribution >= 0.6 is 23.1 Å². The van der Waals surface area contributed by atoms with Crippen LogP contribution in [0.25, 0.3) is 0 Å². The number of nitrogens with zero attached hydrogens (tertiary/aromatic N) is 4. The van der Waals surface area contributed by atoms with E-state index in [9.17, 15) is 10.1 Å². The van der Waals surface area contributed by atoms with Crippen LogP contribution in [0.15, 0.2) is 34.4 Å². The molecule has 1 aromatic carbocycles. The number of para-hydroxylation sites is 1. The van der Waals surface area contributed by atoms with Crippen LogP contribution in [0.4, 0.5) is 10.7 Å². The Morgan fingerprint density at radius 2 is 2.17 bits per heavy atom. The lowest BCUT2D eigenvalue weighted by molar-refractivity contribution is -0.113. The average Bonchev–Trinajstić information content (AvgIpc) is 3.31. The average molecular weight is 436 g/mol. The van der Waals surface area contributed by atoms with Crippen LogP contribution in [0.3, 0.4) is 0 Å². The molecule has 152 valence electrons. The molecule has 8 heteroatoms. The topological polar surface area (TPSA) is 80.8 Å². The molecule has 2 aromatic rings. The van der Waals surface area contributed by atoms with E-state index in [0.717, 1.165) is 48.5 Å². The van der Waals surface area contributed by atoms with Gasteiger partial charge in [-0.15, -0.1) is 11.3 Å². The molecule has 0 spiro atoms. The third-order valence-corrected chi connectivity index (χ3v) is 7.81. The summed E-state index contributed by atoms with van der Waals surface area (Å²) >= 11 is 2.96. The number of benzene rings is 1. The van der Waals surface area contributed by atoms with Crippen molar-refractivity contribution in [3.05, 3.63) is 45.8 Å². The van der Waals surface area contributed by atoms with E-state index in [1.165, 1.54) is 28.6 Å². The monoisotopic (exact) mass is 435 g/mol. The van der Waals surface area contributed by atoms with Gasteiger partial charge in [-0.25, -0.2) is 10.0 Å². The van der Waals surface area contributed by atoms with Crippen LogP contribution in [0.2, 0.25) is 0 Å². The number of amidine groups is 1. The highest BCUT2D eigenvalue weighted by atomic mass is 32.2. The van der Waals surface area contributed by atoms with E-state index in [2.05, 4.69) is 22.6 Å². The standard InChI is InChI=1S/C22H21N5OS2/c23-12-16-14-6-2-1-3-9-19(14)30-21(16)26-20(28)13-29-22-25-17-8-5-4-7-15(17)18-10-11-24-27(18)22/h4-5,7-8,11,18H,1-3,6,9-10,13H2,(H,26,28). The van der Waals surface area contributed by atoms with Crippen molar-refractivity contribution in [1.29, 1.82) is 5.26 Å². The number of carbonyl (C=O) groups excluding carboxylic acids is 1. The summed E-state index contributed by atoms with van der Waals surface area (Å²) in [5.41, 5.74) is 3.91. The fourth-order valence-electron chi connectivity index (χ4n) is 4.22. The van der Waals surface area contributed by atoms with Gasteiger partial charge in [0, 0.05) is 23.1 Å². The van der Waals surface area contributed by atoms with Crippen LogP contribution < -0.4 is 5.32 Å². The molecular formula is C22H21N5OS2. The molecule has 0 bridgehead atoms. The second-order valence-electron chi connectivity index (χ2n) is 7.56. The maximum Gasteiger partial charge on any atom is 0.235 e. The highest BCUT2D eigenvalue weighted by Gasteiger charge is 2.32. The number of nitriles is 1. The van der Waals surface area contributed by atoms with E-state index in [0.29, 0.717) is 10.6 Å². The first-order chi connectivity index (χ1) is 14.7. The van der Waals surface area contributed by atoms with Gasteiger partial charge in [-0.3, -0.25) is 4.79 Å². The van der Waals surface area contributed by atoms with Gasteiger partial charge in [-0.05, 0) is 37.3 Å². The molecule has 1 aromatic heterocycles. The van der Waals surface area contributed by atoms with Gasteiger partial charge in [-0.2, -0.15) is 10.4 Å². The first-order valence-electron chi connectivity index (χ1n) is 10.2. The van der Waals surface area contributed by atoms with Crippen LogP contribution in [-0.4, -0.2) is 28.1 Å². The number of hydrogen-bond acceptors (Lipinski definition) is 7. The van der Waals surface area contributed by atoms with Gasteiger partial charge in [0.05, 0.1) is 23.0 Å². The van der Waals surface area contributed by atoms with Crippen LogP contribution in [0.5, 0.6) is 0 Å². The maximum atomic E-state index is 12.7. The number of fused-ring (bicyclic) bond motifs is 4. The Morgan fingerprint density at radius 1 is 1.30 bits per heavy atom. The smallest absolute Gasteiger partial charge is 0.235 e. The second-order valence-corrected chi connectivity index (χ2v) is 9.61. The zero-order chi connectivity index (χ0) is 20.5. The van der Waals surface area contributed by atoms with E-state index in [1.54, 1.807) is 11.3 Å². The number of carbonyl (C=O) groups is 1. The van der Waals surface area contributed by atoms with Gasteiger partial charge in [0.25, 0.3) is 0 Å². The first kappa shape index (κ1) is 19.3. The van der Waals surface area contributed by atoms with E-state index in [4.69, 9.17) is 4.99 Å². The number of aliphatic imine (C=N–C) groups is 1. The predicted molar refractivity (Wildman–Crippen MR) is 123 cm³/mol. The molecule has 1 amide bonds. The van der Waals surface area contributed by atoms with Gasteiger partial charge < -0.3 is 5.32 Å². The minimum atomic E-state index is -0.116. The quantitative estimate of drug-likeness (QED) is 0.689. The Kier molecular flexibility index (Phi) is 5.32. The molecule has 6 nitrogen and oxygen atoms in total. The molecule has 2 aliphatic heterocycles. The molecule has 3 aliphatic rings. The van der Waals surface area contributed by atoms with Crippen LogP contribution in [0, 0.1) is 11.3 Å². The minimum Gasteiger partial charge on any atom is -0.316 e. The third kappa shape index (κ3) is 3.53. The number of hydrogen-bond donors (Lipinski definition) is 1. The van der Waals surface area contributed by atoms with Crippen molar-refractivity contribution < 1.29 is 4.79 Å². The lowest BCUT2D eigenvalue weighted by Crippen LogP contribution is -2.29. The summed E-state index contributed by atoms with van der Waals surface area (Å²) < 4.78 is 0. The Morgan fingerprint density at radius 3 is 3.07 bits per heavy atom. The summed E-state index contributed by atoms with van der Waals surface area (Å²) in [6, 6.07) is 10.6. The number of rotatable bonds is 3. The number of anilines is 1. The van der Waals surface area contributed by atoms with Crippen molar-refractivity contribution >= 4 is 51.1 Å². The minimum absolute atomic E-state index is 0.116. The van der Waals surface area contributed by atoms with E-state index in [-0.39, 0.29) is 17.7 Å². The molecule has 1 unspecified atom stereocenters. The molecule has 1 N–H and O–H groups in total. The van der Waals surface area contributed by atoms with Gasteiger partial charge in [-0.1, -0.05) is 36.4 Å². The lowest BCUT2D eigenvalue weighted by Gasteiger charge is -2.29. The van der Waals surface area contributed by atoms with Crippen molar-refractivity contribution in [3.8, 4) is 6.07 Å². The van der Waals surface area contributed by atoms with E-state index < -0.39 is 0 Å². The van der Waals surface area contributed by atoms with E-state index >= 15 is 0 Å². The molecule has 0 saturated heterocycles. The molecule has 1 atom stereocenters. The van der Waals surface area contributed by atoms with Crippen molar-refractivity contribution in [2.24, 2.45) is 10.1 Å². The molecular weight excluding hydrogens is 414 g/mol. The molecule has 0 saturated carbocycles. The van der Waals surface area contributed by atoms with Crippen molar-refractivity contribution in [1.82, 2.24) is 5.01 Å². The van der Waals surface area contributed by atoms with Gasteiger partial charge in [0.2, 0.25) is 5.91 Å². The number of thioether (sulfide) groups is 1. The number of amides is 1. The Labute approximate surface area is 183 Å². The normalized spacial score (nSPS) is 19.2. The molecule has 3 heterocycles. The molecule has 1 aliphatic carbocycles. The number of aryl methyl sites for hydroxylation is 1. The zero-order valence-electron chi connectivity index (χ0n) is 16.4. The molecule has 5 rings (SSSR count). The van der Waals surface area contributed by atoms with Gasteiger partial charge in [0.1, 0.15) is 11.1 Å². The Balaban J connectivity index is 1.30. The highest BCUT2D eigenvalue weighted by Crippen LogP contribution is 2.41. The number of hydrazone groups is 1. The fraction of sp³-hybridized carbons (Fsp3) is 0.364. The van der Waals surface area contributed by atoms with Crippen LogP contribution in [0.1, 0.15) is 53.3 Å². The first-order valence-corrected chi connectivity index (χ1v) is 12.0. The maximum absolute atomic E-state index is 12.7. The van der Waals surface area contributed by atoms with Crippen molar-refractivity contribution in [3.63, 3.8) is 0 Å². The summed E-state index contributed by atoms with van der Waals surface area (Å²) in [5, 5.41) is 20.5. The van der Waals surface area contributed by atoms with E-state index in [1.807, 2.05) is 29.4 Å². The highest BCUT2D eigenvalue weighted by molar-refractivity contribution is 8.14. The third-order valence-electron chi connectivity index (χ3n) is 5.66. The largest absolute Gasteiger partial charge is 0.316 e. The Bertz CT molecular complexity index is 1100. The number of nitrogens with one attached hydrogen (secondary N) is 1. The fourth-order valence-corrected chi connectivity index (χ4v) is 6.28. The summed E-state index contributed by atoms with van der Waals surface area (Å²) in [6.07, 6.45) is 8.15. The SMILES string of the molecule is N#Cc1c(NC(=O)CSC2=Nc3ccccc3C3CC=NN23)sc2c1CCCCC2. The second kappa shape index (κ2) is 8.25. The summed E-state index contributed by atoms with van der Waals surface area (Å²) in [4.78, 5) is 18.7. The molecule has 30 heavy (non-hydrogen) atoms. The lowest BCUT2D eigenvalue weighted by atomic mass is 10.0. The van der Waals surface area contributed by atoms with Crippen molar-refractivity contribution in [2.45, 2.75) is 44.6 Å². The predicted octanol–water partition coefficient (Wildman–Crippen LogP) is 4.99. The number of thiophene rings is 1. The zero-order valence-corrected chi connectivity index (χ0v) is 18.1. The molecule has 0 radical (unpaired) electrons. The van der Waals surface area contributed by atoms with Gasteiger partial charge in [0.15, 0.2) is 5.17 Å².